The van der Waals surface area contributed by atoms with Crippen LogP contribution in [0.25, 0.3) is 0 Å². The Bertz CT molecular complexity index is 335. The summed E-state index contributed by atoms with van der Waals surface area (Å²) in [5.41, 5.74) is 0. The molecule has 6 heteroatoms. The minimum absolute atomic E-state index is 0.0306. The summed E-state index contributed by atoms with van der Waals surface area (Å²) in [6.45, 7) is 2.47. The smallest absolute Gasteiger partial charge is 0.248 e. The van der Waals surface area contributed by atoms with Crippen LogP contribution in [0, 0.1) is 0 Å². The lowest BCUT2D eigenvalue weighted by Gasteiger charge is -2.33. The van der Waals surface area contributed by atoms with Gasteiger partial charge in [0, 0.05) is 26.2 Å². The standard InChI is InChI=1S/C14H25N3O3/c1-20-10-13(18)17-8-5-11(6-9-17)16-14(19)12-4-2-3-7-15-12/h11-12,15H,2-10H2,1H3,(H,16,19)/t12-/m0/s1. The number of nitrogens with one attached hydrogen (secondary N) is 2. The molecule has 2 rings (SSSR count). The van der Waals surface area contributed by atoms with E-state index in [9.17, 15) is 9.59 Å². The third kappa shape index (κ3) is 4.18. The first-order chi connectivity index (χ1) is 9.70. The van der Waals surface area contributed by atoms with E-state index in [1.165, 1.54) is 7.11 Å². The molecule has 0 bridgehead atoms. The summed E-state index contributed by atoms with van der Waals surface area (Å²) in [7, 11) is 1.53. The molecule has 114 valence electrons. The SMILES string of the molecule is COCC(=O)N1CCC(NC(=O)[C@@H]2CCCCN2)CC1. The van der Waals surface area contributed by atoms with Crippen molar-refractivity contribution in [1.29, 1.82) is 0 Å². The van der Waals surface area contributed by atoms with Crippen LogP contribution < -0.4 is 10.6 Å². The number of carbonyl (C=O) groups excluding carboxylic acids is 2. The van der Waals surface area contributed by atoms with E-state index >= 15 is 0 Å². The lowest BCUT2D eigenvalue weighted by molar-refractivity contribution is -0.136. The number of ether oxygens (including phenoxy) is 1. The van der Waals surface area contributed by atoms with Crippen molar-refractivity contribution in [1.82, 2.24) is 15.5 Å². The van der Waals surface area contributed by atoms with Gasteiger partial charge in [-0.2, -0.15) is 0 Å². The van der Waals surface area contributed by atoms with Gasteiger partial charge >= 0.3 is 0 Å². The summed E-state index contributed by atoms with van der Waals surface area (Å²) in [6, 6.07) is 0.162. The molecule has 2 aliphatic rings. The molecule has 2 heterocycles. The molecule has 0 aromatic rings. The van der Waals surface area contributed by atoms with Gasteiger partial charge in [-0.15, -0.1) is 0 Å². The molecule has 2 N–H and O–H groups in total. The molecule has 0 spiro atoms. The molecule has 2 amide bonds. The van der Waals surface area contributed by atoms with Crippen LogP contribution in [0.5, 0.6) is 0 Å². The molecule has 2 fully saturated rings. The van der Waals surface area contributed by atoms with E-state index in [-0.39, 0.29) is 30.5 Å². The van der Waals surface area contributed by atoms with Crippen LogP contribution in [0.1, 0.15) is 32.1 Å². The maximum atomic E-state index is 12.1. The van der Waals surface area contributed by atoms with Crippen LogP contribution in [0.15, 0.2) is 0 Å². The molecule has 0 aromatic heterocycles. The van der Waals surface area contributed by atoms with Gasteiger partial charge in [0.1, 0.15) is 6.61 Å². The number of piperidine rings is 2. The number of amides is 2. The van der Waals surface area contributed by atoms with Crippen molar-refractivity contribution in [3.8, 4) is 0 Å². The van der Waals surface area contributed by atoms with Crippen molar-refractivity contribution >= 4 is 11.8 Å². The van der Waals surface area contributed by atoms with E-state index < -0.39 is 0 Å². The average molecular weight is 283 g/mol. The summed E-state index contributed by atoms with van der Waals surface area (Å²) < 4.78 is 4.86. The third-order valence-electron chi connectivity index (χ3n) is 4.09. The molecular formula is C14H25N3O3. The van der Waals surface area contributed by atoms with E-state index in [0.29, 0.717) is 13.1 Å². The highest BCUT2D eigenvalue weighted by Crippen LogP contribution is 2.12. The molecule has 0 saturated carbocycles. The number of rotatable bonds is 4. The molecule has 0 aliphatic carbocycles. The number of nitrogens with zero attached hydrogens (tertiary/aromatic N) is 1. The fraction of sp³-hybridized carbons (Fsp3) is 0.857. The normalized spacial score (nSPS) is 24.4. The highest BCUT2D eigenvalue weighted by atomic mass is 16.5. The Morgan fingerprint density at radius 2 is 2.00 bits per heavy atom. The van der Waals surface area contributed by atoms with E-state index in [1.54, 1.807) is 0 Å². The molecule has 6 nitrogen and oxygen atoms in total. The second-order valence-corrected chi connectivity index (χ2v) is 5.60. The Morgan fingerprint density at radius 3 is 2.60 bits per heavy atom. The van der Waals surface area contributed by atoms with E-state index in [1.807, 2.05) is 4.90 Å². The van der Waals surface area contributed by atoms with Crippen molar-refractivity contribution in [3.63, 3.8) is 0 Å². The van der Waals surface area contributed by atoms with Crippen LogP contribution >= 0.6 is 0 Å². The minimum atomic E-state index is -0.0306. The van der Waals surface area contributed by atoms with E-state index in [4.69, 9.17) is 4.74 Å². The number of likely N-dealkylation sites (tertiary alicyclic amines) is 1. The highest BCUT2D eigenvalue weighted by molar-refractivity contribution is 5.82. The van der Waals surface area contributed by atoms with Crippen LogP contribution in [-0.4, -0.2) is 62.1 Å². The summed E-state index contributed by atoms with van der Waals surface area (Å²) in [5.74, 6) is 0.151. The van der Waals surface area contributed by atoms with Gasteiger partial charge in [0.2, 0.25) is 11.8 Å². The van der Waals surface area contributed by atoms with Gasteiger partial charge in [-0.05, 0) is 32.2 Å². The van der Waals surface area contributed by atoms with Crippen molar-refractivity contribution in [3.05, 3.63) is 0 Å². The van der Waals surface area contributed by atoms with Gasteiger partial charge in [-0.3, -0.25) is 9.59 Å². The predicted octanol–water partition coefficient (Wildman–Crippen LogP) is -0.118. The second-order valence-electron chi connectivity index (χ2n) is 5.60. The Labute approximate surface area is 120 Å². The molecule has 0 aromatic carbocycles. The Hall–Kier alpha value is -1.14. The lowest BCUT2D eigenvalue weighted by atomic mass is 10.0. The number of methoxy groups -OCH3 is 1. The fourth-order valence-corrected chi connectivity index (χ4v) is 2.87. The fourth-order valence-electron chi connectivity index (χ4n) is 2.87. The molecule has 0 unspecified atom stereocenters. The van der Waals surface area contributed by atoms with Crippen LogP contribution in [0.2, 0.25) is 0 Å². The Balaban J connectivity index is 1.71. The molecule has 20 heavy (non-hydrogen) atoms. The zero-order chi connectivity index (χ0) is 14.4. The molecular weight excluding hydrogens is 258 g/mol. The summed E-state index contributed by atoms with van der Waals surface area (Å²) in [4.78, 5) is 25.6. The molecule has 1 atom stereocenters. The average Bonchev–Trinajstić information content (AvgIpc) is 2.49. The number of hydrogen-bond acceptors (Lipinski definition) is 4. The second kappa shape index (κ2) is 7.59. The number of hydrogen-bond donors (Lipinski definition) is 2. The summed E-state index contributed by atoms with van der Waals surface area (Å²) in [5, 5.41) is 6.37. The summed E-state index contributed by atoms with van der Waals surface area (Å²) in [6.07, 6.45) is 4.86. The first-order valence-electron chi connectivity index (χ1n) is 7.51. The van der Waals surface area contributed by atoms with Gasteiger partial charge < -0.3 is 20.3 Å². The maximum Gasteiger partial charge on any atom is 0.248 e. The highest BCUT2D eigenvalue weighted by Gasteiger charge is 2.26. The van der Waals surface area contributed by atoms with Crippen molar-refractivity contribution in [2.24, 2.45) is 0 Å². The van der Waals surface area contributed by atoms with Gasteiger partial charge in [0.25, 0.3) is 0 Å². The van der Waals surface area contributed by atoms with Gasteiger partial charge in [0.15, 0.2) is 0 Å². The first kappa shape index (κ1) is 15.3. The first-order valence-corrected chi connectivity index (χ1v) is 7.51. The van der Waals surface area contributed by atoms with Gasteiger partial charge in [-0.25, -0.2) is 0 Å². The molecule has 0 radical (unpaired) electrons. The zero-order valence-corrected chi connectivity index (χ0v) is 12.2. The largest absolute Gasteiger partial charge is 0.375 e. The topological polar surface area (TPSA) is 70.7 Å². The molecule has 2 saturated heterocycles. The minimum Gasteiger partial charge on any atom is -0.375 e. The van der Waals surface area contributed by atoms with Crippen molar-refractivity contribution in [2.75, 3.05) is 33.4 Å². The van der Waals surface area contributed by atoms with Crippen LogP contribution in [0.3, 0.4) is 0 Å². The molecule has 2 aliphatic heterocycles. The van der Waals surface area contributed by atoms with Gasteiger partial charge in [0.05, 0.1) is 6.04 Å². The predicted molar refractivity (Wildman–Crippen MR) is 75.3 cm³/mol. The Kier molecular flexibility index (Phi) is 5.79. The Morgan fingerprint density at radius 1 is 1.25 bits per heavy atom. The summed E-state index contributed by atoms with van der Waals surface area (Å²) >= 11 is 0. The van der Waals surface area contributed by atoms with E-state index in [0.717, 1.165) is 38.6 Å². The van der Waals surface area contributed by atoms with Crippen molar-refractivity contribution < 1.29 is 14.3 Å². The maximum absolute atomic E-state index is 12.1. The van der Waals surface area contributed by atoms with E-state index in [2.05, 4.69) is 10.6 Å². The number of carbonyl (C=O) groups is 2. The lowest BCUT2D eigenvalue weighted by Crippen LogP contribution is -2.52. The zero-order valence-electron chi connectivity index (χ0n) is 12.2. The monoisotopic (exact) mass is 283 g/mol. The third-order valence-corrected chi connectivity index (χ3v) is 4.09. The van der Waals surface area contributed by atoms with Crippen molar-refractivity contribution in [2.45, 2.75) is 44.2 Å². The van der Waals surface area contributed by atoms with Gasteiger partial charge in [-0.1, -0.05) is 6.42 Å². The van der Waals surface area contributed by atoms with Crippen LogP contribution in [0.4, 0.5) is 0 Å². The van der Waals surface area contributed by atoms with Crippen LogP contribution in [-0.2, 0) is 14.3 Å². The quantitative estimate of drug-likeness (QED) is 0.755.